The summed E-state index contributed by atoms with van der Waals surface area (Å²) in [4.78, 5) is 13.6. The van der Waals surface area contributed by atoms with Gasteiger partial charge in [0.15, 0.2) is 0 Å². The number of carbonyl (C=O) groups is 1. The van der Waals surface area contributed by atoms with E-state index >= 15 is 0 Å². The van der Waals surface area contributed by atoms with Gasteiger partial charge >= 0.3 is 6.03 Å². The molecule has 0 unspecified atom stereocenters. The van der Waals surface area contributed by atoms with E-state index in [1.807, 2.05) is 32.0 Å². The summed E-state index contributed by atoms with van der Waals surface area (Å²) in [5.41, 5.74) is 3.15. The van der Waals surface area contributed by atoms with Crippen LogP contribution in [-0.4, -0.2) is 18.0 Å². The Bertz CT molecular complexity index is 683. The number of amides is 2. The third kappa shape index (κ3) is 3.77. The highest BCUT2D eigenvalue weighted by Gasteiger charge is 2.15. The molecule has 5 heteroatoms. The lowest BCUT2D eigenvalue weighted by atomic mass is 10.1. The molecule has 0 aliphatic carbocycles. The van der Waals surface area contributed by atoms with Crippen molar-refractivity contribution >= 4 is 23.3 Å². The molecule has 2 aromatic carbocycles. The summed E-state index contributed by atoms with van der Waals surface area (Å²) in [6, 6.07) is 9.93. The molecule has 0 aliphatic heterocycles. The Balaban J connectivity index is 2.09. The second-order valence-electron chi connectivity index (χ2n) is 5.30. The van der Waals surface area contributed by atoms with Crippen molar-refractivity contribution in [1.29, 1.82) is 0 Å². The molecule has 0 aliphatic rings. The minimum Gasteiger partial charge on any atom is -0.323 e. The second kappa shape index (κ2) is 6.79. The van der Waals surface area contributed by atoms with Crippen LogP contribution in [0.3, 0.4) is 0 Å². The molecule has 116 valence electrons. The number of hydrogen-bond acceptors (Lipinski definition) is 1. The van der Waals surface area contributed by atoms with Crippen LogP contribution >= 0.6 is 11.6 Å². The lowest BCUT2D eigenvalue weighted by molar-refractivity contribution is 0.220. The highest BCUT2D eigenvalue weighted by atomic mass is 35.5. The topological polar surface area (TPSA) is 32.3 Å². The molecule has 0 fully saturated rings. The van der Waals surface area contributed by atoms with Crippen LogP contribution in [0.5, 0.6) is 0 Å². The first-order chi connectivity index (χ1) is 10.4. The lowest BCUT2D eigenvalue weighted by Gasteiger charge is -2.20. The maximum absolute atomic E-state index is 13.8. The number of benzene rings is 2. The molecule has 0 spiro atoms. The molecular weight excluding hydrogens is 303 g/mol. The summed E-state index contributed by atoms with van der Waals surface area (Å²) in [7, 11) is 1.60. The van der Waals surface area contributed by atoms with Gasteiger partial charge in [-0.1, -0.05) is 35.4 Å². The standard InChI is InChI=1S/C17H18ClFN2O/c1-11-7-8-16(12(2)9-11)20-17(22)21(3)10-13-14(18)5-4-6-15(13)19/h4-9H,10H2,1-3H3,(H,20,22). The van der Waals surface area contributed by atoms with Gasteiger partial charge in [-0.05, 0) is 37.6 Å². The van der Waals surface area contributed by atoms with Crippen LogP contribution in [0.15, 0.2) is 36.4 Å². The van der Waals surface area contributed by atoms with Crippen molar-refractivity contribution in [2.75, 3.05) is 12.4 Å². The van der Waals surface area contributed by atoms with Gasteiger partial charge in [-0.3, -0.25) is 0 Å². The van der Waals surface area contributed by atoms with E-state index in [1.165, 1.54) is 17.0 Å². The average molecular weight is 321 g/mol. The van der Waals surface area contributed by atoms with Gasteiger partial charge in [0.1, 0.15) is 5.82 Å². The van der Waals surface area contributed by atoms with Crippen LogP contribution in [0.1, 0.15) is 16.7 Å². The van der Waals surface area contributed by atoms with Crippen molar-refractivity contribution in [3.63, 3.8) is 0 Å². The van der Waals surface area contributed by atoms with Crippen LogP contribution in [0, 0.1) is 19.7 Å². The van der Waals surface area contributed by atoms with Crippen molar-refractivity contribution in [1.82, 2.24) is 4.90 Å². The summed E-state index contributed by atoms with van der Waals surface area (Å²) in [6.07, 6.45) is 0. The van der Waals surface area contributed by atoms with Crippen molar-refractivity contribution < 1.29 is 9.18 Å². The highest BCUT2D eigenvalue weighted by molar-refractivity contribution is 6.31. The highest BCUT2D eigenvalue weighted by Crippen LogP contribution is 2.21. The number of hydrogen-bond donors (Lipinski definition) is 1. The SMILES string of the molecule is Cc1ccc(NC(=O)N(C)Cc2c(F)cccc2Cl)c(C)c1. The molecule has 3 nitrogen and oxygen atoms in total. The molecule has 2 rings (SSSR count). The van der Waals surface area contributed by atoms with Crippen molar-refractivity contribution in [3.05, 3.63) is 63.9 Å². The Morgan fingerprint density at radius 3 is 2.64 bits per heavy atom. The minimum absolute atomic E-state index is 0.0995. The van der Waals surface area contributed by atoms with E-state index in [2.05, 4.69) is 5.32 Å². The monoisotopic (exact) mass is 320 g/mol. The van der Waals surface area contributed by atoms with Crippen molar-refractivity contribution in [3.8, 4) is 0 Å². The maximum Gasteiger partial charge on any atom is 0.321 e. The summed E-state index contributed by atoms with van der Waals surface area (Å²) in [5.74, 6) is -0.418. The maximum atomic E-state index is 13.8. The zero-order valence-corrected chi connectivity index (χ0v) is 13.5. The van der Waals surface area contributed by atoms with Crippen LogP contribution in [0.2, 0.25) is 5.02 Å². The summed E-state index contributed by atoms with van der Waals surface area (Å²) in [5, 5.41) is 3.13. The van der Waals surface area contributed by atoms with Gasteiger partial charge in [0.05, 0.1) is 6.54 Å². The number of aryl methyl sites for hydroxylation is 2. The van der Waals surface area contributed by atoms with E-state index in [9.17, 15) is 9.18 Å². The lowest BCUT2D eigenvalue weighted by Crippen LogP contribution is -2.31. The quantitative estimate of drug-likeness (QED) is 0.868. The predicted molar refractivity (Wildman–Crippen MR) is 87.8 cm³/mol. The molecule has 0 saturated carbocycles. The van der Waals surface area contributed by atoms with Gasteiger partial charge < -0.3 is 10.2 Å². The average Bonchev–Trinajstić information content (AvgIpc) is 2.45. The Morgan fingerprint density at radius 1 is 1.27 bits per heavy atom. The fraction of sp³-hybridized carbons (Fsp3) is 0.235. The van der Waals surface area contributed by atoms with E-state index in [4.69, 9.17) is 11.6 Å². The number of nitrogens with one attached hydrogen (secondary N) is 1. The number of nitrogens with zero attached hydrogens (tertiary/aromatic N) is 1. The molecule has 0 heterocycles. The normalized spacial score (nSPS) is 10.4. The van der Waals surface area contributed by atoms with Crippen molar-refractivity contribution in [2.45, 2.75) is 20.4 Å². The first-order valence-corrected chi connectivity index (χ1v) is 7.28. The zero-order chi connectivity index (χ0) is 16.3. The Morgan fingerprint density at radius 2 is 2.00 bits per heavy atom. The van der Waals surface area contributed by atoms with E-state index in [0.29, 0.717) is 10.6 Å². The third-order valence-corrected chi connectivity index (χ3v) is 3.78. The molecule has 22 heavy (non-hydrogen) atoms. The molecule has 0 atom stereocenters. The smallest absolute Gasteiger partial charge is 0.321 e. The third-order valence-electron chi connectivity index (χ3n) is 3.43. The molecule has 2 amide bonds. The van der Waals surface area contributed by atoms with Crippen molar-refractivity contribution in [2.24, 2.45) is 0 Å². The fourth-order valence-corrected chi connectivity index (χ4v) is 2.38. The number of rotatable bonds is 3. The first-order valence-electron chi connectivity index (χ1n) is 6.90. The number of carbonyl (C=O) groups excluding carboxylic acids is 1. The second-order valence-corrected chi connectivity index (χ2v) is 5.71. The van der Waals surface area contributed by atoms with E-state index in [1.54, 1.807) is 13.1 Å². The van der Waals surface area contributed by atoms with Crippen LogP contribution in [0.4, 0.5) is 14.9 Å². The Kier molecular flexibility index (Phi) is 5.03. The molecule has 2 aromatic rings. The minimum atomic E-state index is -0.418. The van der Waals surface area contributed by atoms with Gasteiger partial charge in [-0.2, -0.15) is 0 Å². The summed E-state index contributed by atoms with van der Waals surface area (Å²) in [6.45, 7) is 4.02. The molecule has 0 radical (unpaired) electrons. The van der Waals surface area contributed by atoms with E-state index < -0.39 is 5.82 Å². The Labute approximate surface area is 134 Å². The predicted octanol–water partition coefficient (Wildman–Crippen LogP) is 4.76. The largest absolute Gasteiger partial charge is 0.323 e. The van der Waals surface area contributed by atoms with Crippen LogP contribution < -0.4 is 5.32 Å². The van der Waals surface area contributed by atoms with E-state index in [0.717, 1.165) is 16.8 Å². The summed E-state index contributed by atoms with van der Waals surface area (Å²) < 4.78 is 13.8. The number of halogens is 2. The summed E-state index contributed by atoms with van der Waals surface area (Å²) >= 11 is 5.98. The zero-order valence-electron chi connectivity index (χ0n) is 12.8. The fourth-order valence-electron chi connectivity index (χ4n) is 2.16. The van der Waals surface area contributed by atoms with Gasteiger partial charge in [-0.15, -0.1) is 0 Å². The number of urea groups is 1. The molecule has 0 bridgehead atoms. The van der Waals surface area contributed by atoms with Gasteiger partial charge in [-0.25, -0.2) is 9.18 Å². The molecule has 1 N–H and O–H groups in total. The molecular formula is C17H18ClFN2O. The molecule has 0 aromatic heterocycles. The van der Waals surface area contributed by atoms with Gasteiger partial charge in [0.25, 0.3) is 0 Å². The van der Waals surface area contributed by atoms with E-state index in [-0.39, 0.29) is 12.6 Å². The van der Waals surface area contributed by atoms with Gasteiger partial charge in [0, 0.05) is 23.3 Å². The van der Waals surface area contributed by atoms with Gasteiger partial charge in [0.2, 0.25) is 0 Å². The number of anilines is 1. The first kappa shape index (κ1) is 16.3. The van der Waals surface area contributed by atoms with Crippen LogP contribution in [-0.2, 0) is 6.54 Å². The molecule has 0 saturated heterocycles. The van der Waals surface area contributed by atoms with Crippen LogP contribution in [0.25, 0.3) is 0 Å². The Hall–Kier alpha value is -2.07.